The van der Waals surface area contributed by atoms with Crippen molar-refractivity contribution in [1.29, 1.82) is 0 Å². The fourth-order valence-electron chi connectivity index (χ4n) is 1.63. The van der Waals surface area contributed by atoms with E-state index in [0.29, 0.717) is 17.7 Å². The van der Waals surface area contributed by atoms with Crippen LogP contribution < -0.4 is 11.1 Å². The van der Waals surface area contributed by atoms with Crippen LogP contribution in [0.4, 0.5) is 5.69 Å². The van der Waals surface area contributed by atoms with Gasteiger partial charge in [0.1, 0.15) is 0 Å². The maximum Gasteiger partial charge on any atom is 0.307 e. The van der Waals surface area contributed by atoms with Crippen LogP contribution in [0.1, 0.15) is 25.3 Å². The molecule has 0 spiro atoms. The van der Waals surface area contributed by atoms with E-state index in [4.69, 9.17) is 10.8 Å². The lowest BCUT2D eigenvalue weighted by molar-refractivity contribution is -0.136. The molecule has 0 aromatic heterocycles. The number of benzene rings is 1. The van der Waals surface area contributed by atoms with Gasteiger partial charge in [0, 0.05) is 5.69 Å². The number of nitrogens with two attached hydrogens (primary N) is 1. The van der Waals surface area contributed by atoms with Crippen LogP contribution in [0.15, 0.2) is 24.3 Å². The van der Waals surface area contributed by atoms with Crippen molar-refractivity contribution < 1.29 is 14.7 Å². The molecule has 0 radical (unpaired) electrons. The second-order valence-corrected chi connectivity index (χ2v) is 4.11. The van der Waals surface area contributed by atoms with Gasteiger partial charge >= 0.3 is 5.97 Å². The van der Waals surface area contributed by atoms with Crippen molar-refractivity contribution in [2.24, 2.45) is 5.73 Å². The van der Waals surface area contributed by atoms with Crippen molar-refractivity contribution in [3.8, 4) is 0 Å². The number of nitrogens with one attached hydrogen (secondary N) is 1. The van der Waals surface area contributed by atoms with E-state index in [1.54, 1.807) is 24.3 Å². The summed E-state index contributed by atoms with van der Waals surface area (Å²) in [7, 11) is 0. The monoisotopic (exact) mass is 250 g/mol. The first-order valence-electron chi connectivity index (χ1n) is 5.90. The number of carboxylic acids is 1. The van der Waals surface area contributed by atoms with Gasteiger partial charge in [0.05, 0.1) is 12.5 Å². The molecule has 4 N–H and O–H groups in total. The summed E-state index contributed by atoms with van der Waals surface area (Å²) in [6.45, 7) is 1.95. The van der Waals surface area contributed by atoms with Gasteiger partial charge in [-0.2, -0.15) is 0 Å². The molecule has 1 aromatic rings. The zero-order valence-corrected chi connectivity index (χ0v) is 10.3. The molecule has 0 saturated heterocycles. The number of hydrogen-bond donors (Lipinski definition) is 3. The van der Waals surface area contributed by atoms with E-state index < -0.39 is 12.0 Å². The first kappa shape index (κ1) is 14.2. The third kappa shape index (κ3) is 4.18. The minimum Gasteiger partial charge on any atom is -0.481 e. The normalized spacial score (nSPS) is 11.9. The number of carboxylic acid groups (broad SMARTS) is 1. The van der Waals surface area contributed by atoms with Gasteiger partial charge in [-0.05, 0) is 18.1 Å². The molecule has 1 rings (SSSR count). The van der Waals surface area contributed by atoms with Gasteiger partial charge < -0.3 is 16.2 Å². The number of carbonyl (C=O) groups excluding carboxylic acids is 1. The Kier molecular flexibility index (Phi) is 5.32. The predicted molar refractivity (Wildman–Crippen MR) is 69.3 cm³/mol. The zero-order chi connectivity index (χ0) is 13.5. The van der Waals surface area contributed by atoms with Crippen molar-refractivity contribution in [1.82, 2.24) is 0 Å². The molecular formula is C13H18N2O3. The Labute approximate surface area is 106 Å². The molecule has 0 unspecified atom stereocenters. The highest BCUT2D eigenvalue weighted by molar-refractivity contribution is 5.95. The Morgan fingerprint density at radius 2 is 2.06 bits per heavy atom. The fraction of sp³-hybridized carbons (Fsp3) is 0.385. The van der Waals surface area contributed by atoms with E-state index in [0.717, 1.165) is 6.42 Å². The average Bonchev–Trinajstić information content (AvgIpc) is 2.31. The van der Waals surface area contributed by atoms with Crippen LogP contribution in [0.5, 0.6) is 0 Å². The molecule has 0 aliphatic carbocycles. The summed E-state index contributed by atoms with van der Waals surface area (Å²) < 4.78 is 0. The lowest BCUT2D eigenvalue weighted by Gasteiger charge is -2.13. The molecule has 1 aromatic carbocycles. The average molecular weight is 250 g/mol. The van der Waals surface area contributed by atoms with E-state index in [1.807, 2.05) is 6.92 Å². The highest BCUT2D eigenvalue weighted by Gasteiger charge is 2.14. The standard InChI is InChI=1S/C13H18N2O3/c1-2-5-10(14)13(18)15-11-7-4-3-6-9(11)8-12(16)17/h3-4,6-7,10H,2,5,8,14H2,1H3,(H,15,18)(H,16,17)/t10-/m0/s1. The Balaban J connectivity index is 2.77. The molecule has 0 bridgehead atoms. The highest BCUT2D eigenvalue weighted by atomic mass is 16.4. The summed E-state index contributed by atoms with van der Waals surface area (Å²) in [5.41, 5.74) is 6.78. The van der Waals surface area contributed by atoms with Crippen LogP contribution in [0.2, 0.25) is 0 Å². The van der Waals surface area contributed by atoms with E-state index >= 15 is 0 Å². The third-order valence-corrected chi connectivity index (χ3v) is 2.55. The molecule has 0 aliphatic rings. The lowest BCUT2D eigenvalue weighted by atomic mass is 10.1. The molecule has 1 amide bonds. The van der Waals surface area contributed by atoms with Gasteiger partial charge in [-0.25, -0.2) is 0 Å². The SMILES string of the molecule is CCC[C@H](N)C(=O)Nc1ccccc1CC(=O)O. The summed E-state index contributed by atoms with van der Waals surface area (Å²) in [6, 6.07) is 6.27. The maximum absolute atomic E-state index is 11.8. The van der Waals surface area contributed by atoms with Crippen molar-refractivity contribution in [3.05, 3.63) is 29.8 Å². The molecule has 5 nitrogen and oxygen atoms in total. The summed E-state index contributed by atoms with van der Waals surface area (Å²) >= 11 is 0. The number of carbonyl (C=O) groups is 2. The Morgan fingerprint density at radius 1 is 1.39 bits per heavy atom. The van der Waals surface area contributed by atoms with Gasteiger partial charge in [-0.3, -0.25) is 9.59 Å². The molecule has 98 valence electrons. The second-order valence-electron chi connectivity index (χ2n) is 4.11. The summed E-state index contributed by atoms with van der Waals surface area (Å²) in [5.74, 6) is -1.22. The predicted octanol–water partition coefficient (Wildman–Crippen LogP) is 1.38. The zero-order valence-electron chi connectivity index (χ0n) is 10.3. The van der Waals surface area contributed by atoms with Gasteiger partial charge in [0.25, 0.3) is 0 Å². The minimum absolute atomic E-state index is 0.126. The van der Waals surface area contributed by atoms with Crippen LogP contribution in [-0.2, 0) is 16.0 Å². The largest absolute Gasteiger partial charge is 0.481 e. The minimum atomic E-state index is -0.936. The Hall–Kier alpha value is -1.88. The topological polar surface area (TPSA) is 92.4 Å². The van der Waals surface area contributed by atoms with Crippen LogP contribution in [0, 0.1) is 0 Å². The number of anilines is 1. The van der Waals surface area contributed by atoms with Gasteiger partial charge in [-0.1, -0.05) is 31.5 Å². The van der Waals surface area contributed by atoms with Crippen molar-refractivity contribution in [2.45, 2.75) is 32.2 Å². The molecule has 0 saturated carbocycles. The number of rotatable bonds is 6. The number of para-hydroxylation sites is 1. The lowest BCUT2D eigenvalue weighted by Crippen LogP contribution is -2.35. The van der Waals surface area contributed by atoms with Gasteiger partial charge in [-0.15, -0.1) is 0 Å². The molecular weight excluding hydrogens is 232 g/mol. The Bertz CT molecular complexity index is 432. The first-order chi connectivity index (χ1) is 8.54. The summed E-state index contributed by atoms with van der Waals surface area (Å²) in [6.07, 6.45) is 1.30. The van der Waals surface area contributed by atoms with E-state index in [-0.39, 0.29) is 12.3 Å². The van der Waals surface area contributed by atoms with Gasteiger partial charge in [0.2, 0.25) is 5.91 Å². The van der Waals surface area contributed by atoms with E-state index in [9.17, 15) is 9.59 Å². The quantitative estimate of drug-likeness (QED) is 0.711. The number of aliphatic carboxylic acids is 1. The molecule has 0 aliphatic heterocycles. The third-order valence-electron chi connectivity index (χ3n) is 2.55. The van der Waals surface area contributed by atoms with Crippen LogP contribution >= 0.6 is 0 Å². The van der Waals surface area contributed by atoms with Crippen molar-refractivity contribution in [3.63, 3.8) is 0 Å². The van der Waals surface area contributed by atoms with E-state index in [2.05, 4.69) is 5.32 Å². The van der Waals surface area contributed by atoms with Crippen molar-refractivity contribution in [2.75, 3.05) is 5.32 Å². The molecule has 5 heteroatoms. The molecule has 0 heterocycles. The highest BCUT2D eigenvalue weighted by Crippen LogP contribution is 2.16. The number of amides is 1. The molecule has 1 atom stereocenters. The maximum atomic E-state index is 11.8. The molecule has 0 fully saturated rings. The Morgan fingerprint density at radius 3 is 2.67 bits per heavy atom. The van der Waals surface area contributed by atoms with Crippen LogP contribution in [0.3, 0.4) is 0 Å². The molecule has 18 heavy (non-hydrogen) atoms. The van der Waals surface area contributed by atoms with Crippen LogP contribution in [-0.4, -0.2) is 23.0 Å². The smallest absolute Gasteiger partial charge is 0.307 e. The van der Waals surface area contributed by atoms with E-state index in [1.165, 1.54) is 0 Å². The van der Waals surface area contributed by atoms with Crippen molar-refractivity contribution >= 4 is 17.6 Å². The summed E-state index contributed by atoms with van der Waals surface area (Å²) in [5, 5.41) is 11.5. The van der Waals surface area contributed by atoms with Gasteiger partial charge in [0.15, 0.2) is 0 Å². The fourth-order valence-corrected chi connectivity index (χ4v) is 1.63. The van der Waals surface area contributed by atoms with Crippen LogP contribution in [0.25, 0.3) is 0 Å². The summed E-state index contributed by atoms with van der Waals surface area (Å²) in [4.78, 5) is 22.5. The number of hydrogen-bond acceptors (Lipinski definition) is 3. The first-order valence-corrected chi connectivity index (χ1v) is 5.90. The second kappa shape index (κ2) is 6.76.